The molecule has 2 N–H and O–H groups in total. The van der Waals surface area contributed by atoms with Crippen LogP contribution in [0.15, 0.2) is 24.3 Å². The van der Waals surface area contributed by atoms with Gasteiger partial charge < -0.3 is 29.7 Å². The average molecular weight is 349 g/mol. The monoisotopic (exact) mass is 349 g/mol. The number of nitrogens with one attached hydrogen (secondary N) is 1. The van der Waals surface area contributed by atoms with Crippen molar-refractivity contribution in [3.63, 3.8) is 0 Å². The highest BCUT2D eigenvalue weighted by atomic mass is 16.5. The van der Waals surface area contributed by atoms with Gasteiger partial charge in [-0.3, -0.25) is 0 Å². The van der Waals surface area contributed by atoms with Crippen LogP contribution < -0.4 is 14.8 Å². The van der Waals surface area contributed by atoms with Crippen LogP contribution in [0.4, 0.5) is 4.79 Å². The van der Waals surface area contributed by atoms with Crippen molar-refractivity contribution in [3.8, 4) is 11.5 Å². The molecule has 7 nitrogen and oxygen atoms in total. The molecule has 2 amide bonds. The first-order valence-corrected chi connectivity index (χ1v) is 8.87. The highest BCUT2D eigenvalue weighted by molar-refractivity contribution is 5.76. The van der Waals surface area contributed by atoms with Crippen molar-refractivity contribution in [3.05, 3.63) is 24.3 Å². The number of β-amino-alcohol motifs (C(OH)–C–C–N with tert-alkyl or cyclic N) is 1. The smallest absolute Gasteiger partial charge is 0.317 e. The first kappa shape index (κ1) is 17.8. The third-order valence-electron chi connectivity index (χ3n) is 4.86. The van der Waals surface area contributed by atoms with E-state index in [1.54, 1.807) is 7.11 Å². The number of amides is 2. The van der Waals surface area contributed by atoms with Gasteiger partial charge in [0, 0.05) is 38.8 Å². The van der Waals surface area contributed by atoms with Crippen LogP contribution in [0, 0.1) is 0 Å². The molecule has 0 aliphatic carbocycles. The van der Waals surface area contributed by atoms with E-state index in [1.807, 2.05) is 29.2 Å². The van der Waals surface area contributed by atoms with Crippen LogP contribution in [0.5, 0.6) is 11.5 Å². The van der Waals surface area contributed by atoms with Gasteiger partial charge >= 0.3 is 6.03 Å². The molecule has 138 valence electrons. The van der Waals surface area contributed by atoms with E-state index >= 15 is 0 Å². The largest absolute Gasteiger partial charge is 0.497 e. The topological polar surface area (TPSA) is 74.3 Å². The number of nitrogens with zero attached hydrogens (tertiary/aromatic N) is 2. The van der Waals surface area contributed by atoms with Crippen molar-refractivity contribution in [1.29, 1.82) is 0 Å². The fourth-order valence-electron chi connectivity index (χ4n) is 3.46. The number of carbonyl (C=O) groups is 1. The standard InChI is InChI=1S/C18H27N3O4/c1-24-16-2-4-17(5-3-16)25-13-15(22)12-20-9-6-14(7-10-20)21-11-8-19-18(21)23/h2-5,14-15,22H,6-13H2,1H3,(H,19,23). The number of piperidine rings is 1. The van der Waals surface area contributed by atoms with Gasteiger partial charge in [-0.15, -0.1) is 0 Å². The fraction of sp³-hybridized carbons (Fsp3) is 0.611. The van der Waals surface area contributed by atoms with Crippen molar-refractivity contribution < 1.29 is 19.4 Å². The molecular weight excluding hydrogens is 322 g/mol. The molecule has 0 spiro atoms. The fourth-order valence-corrected chi connectivity index (χ4v) is 3.46. The maximum Gasteiger partial charge on any atom is 0.317 e. The van der Waals surface area contributed by atoms with E-state index in [-0.39, 0.29) is 12.6 Å². The summed E-state index contributed by atoms with van der Waals surface area (Å²) < 4.78 is 10.7. The zero-order chi connectivity index (χ0) is 17.6. The van der Waals surface area contributed by atoms with E-state index in [0.29, 0.717) is 12.6 Å². The van der Waals surface area contributed by atoms with Crippen LogP contribution in [0.3, 0.4) is 0 Å². The normalized spacial score (nSPS) is 20.4. The quantitative estimate of drug-likeness (QED) is 0.766. The number of aliphatic hydroxyl groups excluding tert-OH is 1. The summed E-state index contributed by atoms with van der Waals surface area (Å²) in [5, 5.41) is 13.1. The molecule has 0 aromatic heterocycles. The minimum atomic E-state index is -0.534. The predicted molar refractivity (Wildman–Crippen MR) is 94.1 cm³/mol. The van der Waals surface area contributed by atoms with Gasteiger partial charge in [-0.05, 0) is 37.1 Å². The van der Waals surface area contributed by atoms with Crippen LogP contribution in [0.25, 0.3) is 0 Å². The van der Waals surface area contributed by atoms with Crippen molar-refractivity contribution in [1.82, 2.24) is 15.1 Å². The lowest BCUT2D eigenvalue weighted by molar-refractivity contribution is 0.0508. The van der Waals surface area contributed by atoms with Gasteiger partial charge in [0.05, 0.1) is 7.11 Å². The molecule has 1 aromatic carbocycles. The molecule has 2 aliphatic heterocycles. The molecule has 2 heterocycles. The molecule has 25 heavy (non-hydrogen) atoms. The van der Waals surface area contributed by atoms with Gasteiger partial charge in [-0.1, -0.05) is 0 Å². The molecule has 3 rings (SSSR count). The Hall–Kier alpha value is -1.99. The van der Waals surface area contributed by atoms with Crippen LogP contribution in [-0.2, 0) is 0 Å². The Bertz CT molecular complexity index is 558. The summed E-state index contributed by atoms with van der Waals surface area (Å²) in [5.41, 5.74) is 0. The van der Waals surface area contributed by atoms with E-state index in [2.05, 4.69) is 10.2 Å². The number of urea groups is 1. The van der Waals surface area contributed by atoms with Crippen molar-refractivity contribution in [2.75, 3.05) is 46.4 Å². The van der Waals surface area contributed by atoms with E-state index in [1.165, 1.54) is 0 Å². The lowest BCUT2D eigenvalue weighted by atomic mass is 10.0. The van der Waals surface area contributed by atoms with Gasteiger partial charge in [0.25, 0.3) is 0 Å². The third kappa shape index (κ3) is 4.76. The Kier molecular flexibility index (Phi) is 5.99. The highest BCUT2D eigenvalue weighted by Gasteiger charge is 2.30. The van der Waals surface area contributed by atoms with Crippen LogP contribution in [0.2, 0.25) is 0 Å². The maximum atomic E-state index is 11.7. The molecular formula is C18H27N3O4. The maximum absolute atomic E-state index is 11.7. The van der Waals surface area contributed by atoms with Crippen LogP contribution >= 0.6 is 0 Å². The van der Waals surface area contributed by atoms with Gasteiger partial charge in [0.2, 0.25) is 0 Å². The third-order valence-corrected chi connectivity index (χ3v) is 4.86. The van der Waals surface area contributed by atoms with Gasteiger partial charge in [0.15, 0.2) is 0 Å². The molecule has 1 unspecified atom stereocenters. The highest BCUT2D eigenvalue weighted by Crippen LogP contribution is 2.19. The average Bonchev–Trinajstić information content (AvgIpc) is 3.07. The SMILES string of the molecule is COc1ccc(OCC(O)CN2CCC(N3CCNC3=O)CC2)cc1. The molecule has 0 saturated carbocycles. The number of hydrogen-bond donors (Lipinski definition) is 2. The number of benzene rings is 1. The summed E-state index contributed by atoms with van der Waals surface area (Å²) in [6.07, 6.45) is 1.38. The number of carbonyl (C=O) groups excluding carboxylic acids is 1. The molecule has 0 bridgehead atoms. The van der Waals surface area contributed by atoms with E-state index in [0.717, 1.165) is 50.5 Å². The van der Waals surface area contributed by atoms with Crippen molar-refractivity contribution >= 4 is 6.03 Å². The molecule has 2 saturated heterocycles. The molecule has 2 aliphatic rings. The second kappa shape index (κ2) is 8.40. The predicted octanol–water partition coefficient (Wildman–Crippen LogP) is 0.925. The second-order valence-electron chi connectivity index (χ2n) is 6.60. The van der Waals surface area contributed by atoms with Gasteiger partial charge in [0.1, 0.15) is 24.2 Å². The molecule has 1 aromatic rings. The number of rotatable bonds is 7. The van der Waals surface area contributed by atoms with E-state index in [9.17, 15) is 9.90 Å². The number of aliphatic hydroxyl groups is 1. The van der Waals surface area contributed by atoms with Gasteiger partial charge in [-0.2, -0.15) is 0 Å². The Labute approximate surface area is 148 Å². The van der Waals surface area contributed by atoms with Crippen LogP contribution in [-0.4, -0.2) is 79.5 Å². The first-order valence-electron chi connectivity index (χ1n) is 8.87. The van der Waals surface area contributed by atoms with Crippen molar-refractivity contribution in [2.24, 2.45) is 0 Å². The number of methoxy groups -OCH3 is 1. The summed E-state index contributed by atoms with van der Waals surface area (Å²) in [6, 6.07) is 7.72. The molecule has 0 radical (unpaired) electrons. The summed E-state index contributed by atoms with van der Waals surface area (Å²) in [5.74, 6) is 1.50. The molecule has 7 heteroatoms. The lowest BCUT2D eigenvalue weighted by Crippen LogP contribution is -2.48. The number of likely N-dealkylation sites (tertiary alicyclic amines) is 1. The zero-order valence-corrected chi connectivity index (χ0v) is 14.7. The minimum Gasteiger partial charge on any atom is -0.497 e. The summed E-state index contributed by atoms with van der Waals surface area (Å²) in [6.45, 7) is 4.21. The summed E-state index contributed by atoms with van der Waals surface area (Å²) in [4.78, 5) is 15.9. The Morgan fingerprint density at radius 1 is 1.20 bits per heavy atom. The Morgan fingerprint density at radius 2 is 1.88 bits per heavy atom. The van der Waals surface area contributed by atoms with E-state index in [4.69, 9.17) is 9.47 Å². The molecule has 1 atom stereocenters. The van der Waals surface area contributed by atoms with Gasteiger partial charge in [-0.25, -0.2) is 4.79 Å². The minimum absolute atomic E-state index is 0.0615. The number of ether oxygens (including phenoxy) is 2. The number of hydrogen-bond acceptors (Lipinski definition) is 5. The lowest BCUT2D eigenvalue weighted by Gasteiger charge is -2.36. The van der Waals surface area contributed by atoms with Crippen LogP contribution in [0.1, 0.15) is 12.8 Å². The summed E-state index contributed by atoms with van der Waals surface area (Å²) >= 11 is 0. The zero-order valence-electron chi connectivity index (χ0n) is 14.7. The first-order chi connectivity index (χ1) is 12.2. The van der Waals surface area contributed by atoms with E-state index < -0.39 is 6.10 Å². The summed E-state index contributed by atoms with van der Waals surface area (Å²) in [7, 11) is 1.62. The molecule has 2 fully saturated rings. The second-order valence-corrected chi connectivity index (χ2v) is 6.60. The van der Waals surface area contributed by atoms with Crippen molar-refractivity contribution in [2.45, 2.75) is 25.0 Å². The Morgan fingerprint density at radius 3 is 2.48 bits per heavy atom. The Balaban J connectivity index is 1.37.